The summed E-state index contributed by atoms with van der Waals surface area (Å²) in [5.74, 6) is 4.21. The van der Waals surface area contributed by atoms with E-state index in [4.69, 9.17) is 5.26 Å². The Hall–Kier alpha value is -0.160. The molecule has 4 aliphatic rings. The molecule has 0 saturated heterocycles. The van der Waals surface area contributed by atoms with Crippen molar-refractivity contribution in [2.24, 2.45) is 17.8 Å². The van der Waals surface area contributed by atoms with Gasteiger partial charge in [-0.1, -0.05) is 0 Å². The molecule has 0 heterocycles. The number of hydrogen-bond acceptors (Lipinski definition) is 2. The highest BCUT2D eigenvalue weighted by molar-refractivity contribution is 8.00. The zero-order valence-electron chi connectivity index (χ0n) is 9.24. The fraction of sp³-hybridized carbons (Fsp3) is 0.923. The normalized spacial score (nSPS) is 46.7. The van der Waals surface area contributed by atoms with Crippen LogP contribution in [-0.2, 0) is 0 Å². The molecule has 0 amide bonds. The van der Waals surface area contributed by atoms with Gasteiger partial charge in [-0.15, -0.1) is 0 Å². The monoisotopic (exact) mass is 221 g/mol. The van der Waals surface area contributed by atoms with Crippen molar-refractivity contribution < 1.29 is 0 Å². The molecule has 4 rings (SSSR count). The lowest BCUT2D eigenvalue weighted by Crippen LogP contribution is -2.48. The summed E-state index contributed by atoms with van der Waals surface area (Å²) in [6.07, 6.45) is 9.72. The van der Waals surface area contributed by atoms with Crippen LogP contribution in [0.15, 0.2) is 0 Å². The van der Waals surface area contributed by atoms with Gasteiger partial charge in [-0.25, -0.2) is 0 Å². The Bertz CT molecular complexity index is 256. The van der Waals surface area contributed by atoms with Gasteiger partial charge in [0.05, 0.1) is 6.07 Å². The van der Waals surface area contributed by atoms with Gasteiger partial charge in [0.15, 0.2) is 0 Å². The Morgan fingerprint density at radius 2 is 1.60 bits per heavy atom. The zero-order chi connectivity index (χ0) is 10.3. The van der Waals surface area contributed by atoms with E-state index in [1.807, 2.05) is 0 Å². The molecule has 4 bridgehead atoms. The molecule has 0 spiro atoms. The first-order valence-corrected chi connectivity index (χ1v) is 7.29. The van der Waals surface area contributed by atoms with Crippen molar-refractivity contribution in [2.45, 2.75) is 49.7 Å². The van der Waals surface area contributed by atoms with E-state index in [0.717, 1.165) is 29.9 Å². The Balaban J connectivity index is 1.68. The quantitative estimate of drug-likeness (QED) is 0.680. The van der Waals surface area contributed by atoms with Crippen LogP contribution in [-0.4, -0.2) is 10.5 Å². The number of thioether (sulfide) groups is 1. The van der Waals surface area contributed by atoms with Crippen LogP contribution in [0.25, 0.3) is 0 Å². The van der Waals surface area contributed by atoms with E-state index < -0.39 is 0 Å². The van der Waals surface area contributed by atoms with Gasteiger partial charge in [-0.05, 0) is 56.3 Å². The van der Waals surface area contributed by atoms with Crippen molar-refractivity contribution in [1.29, 1.82) is 5.26 Å². The number of nitriles is 1. The molecule has 0 atom stereocenters. The molecule has 0 unspecified atom stereocenters. The molecule has 1 nitrogen and oxygen atoms in total. The average Bonchev–Trinajstić information content (AvgIpc) is 2.15. The van der Waals surface area contributed by atoms with Gasteiger partial charge in [-0.3, -0.25) is 0 Å². The van der Waals surface area contributed by atoms with E-state index in [9.17, 15) is 0 Å². The minimum absolute atomic E-state index is 0.617. The maximum atomic E-state index is 8.62. The number of rotatable bonds is 3. The fourth-order valence-electron chi connectivity index (χ4n) is 4.52. The van der Waals surface area contributed by atoms with Crippen molar-refractivity contribution in [3.63, 3.8) is 0 Å². The van der Waals surface area contributed by atoms with Gasteiger partial charge in [0.1, 0.15) is 0 Å². The zero-order valence-corrected chi connectivity index (χ0v) is 10.1. The van der Waals surface area contributed by atoms with E-state index in [-0.39, 0.29) is 0 Å². The minimum atomic E-state index is 0.617. The molecule has 4 fully saturated rings. The van der Waals surface area contributed by atoms with Gasteiger partial charge < -0.3 is 0 Å². The molecule has 0 aromatic rings. The second kappa shape index (κ2) is 3.70. The summed E-state index contributed by atoms with van der Waals surface area (Å²) >= 11 is 2.14. The minimum Gasteiger partial charge on any atom is -0.198 e. The highest BCUT2D eigenvalue weighted by Gasteiger charge is 2.50. The molecule has 15 heavy (non-hydrogen) atoms. The van der Waals surface area contributed by atoms with Crippen LogP contribution in [0.3, 0.4) is 0 Å². The molecular formula is C13H19NS. The van der Waals surface area contributed by atoms with Crippen LogP contribution in [0.5, 0.6) is 0 Å². The van der Waals surface area contributed by atoms with Crippen molar-refractivity contribution in [2.75, 3.05) is 5.75 Å². The SMILES string of the molecule is N#CCCSC12CC3CC(CC(C3)C1)C2. The molecule has 0 aliphatic heterocycles. The van der Waals surface area contributed by atoms with E-state index in [0.29, 0.717) is 4.75 Å². The summed E-state index contributed by atoms with van der Waals surface area (Å²) in [5.41, 5.74) is 0. The van der Waals surface area contributed by atoms with E-state index in [1.54, 1.807) is 0 Å². The van der Waals surface area contributed by atoms with Gasteiger partial charge in [0, 0.05) is 16.9 Å². The Morgan fingerprint density at radius 1 is 1.07 bits per heavy atom. The highest BCUT2D eigenvalue weighted by Crippen LogP contribution is 2.60. The maximum absolute atomic E-state index is 8.62. The predicted molar refractivity (Wildman–Crippen MR) is 63.6 cm³/mol. The summed E-state index contributed by atoms with van der Waals surface area (Å²) in [5, 5.41) is 8.62. The third-order valence-electron chi connectivity index (χ3n) is 4.60. The van der Waals surface area contributed by atoms with Crippen LogP contribution in [0.1, 0.15) is 44.9 Å². The maximum Gasteiger partial charge on any atom is 0.0630 e. The topological polar surface area (TPSA) is 23.8 Å². The van der Waals surface area contributed by atoms with Crippen molar-refractivity contribution in [3.05, 3.63) is 0 Å². The summed E-state index contributed by atoms with van der Waals surface area (Å²) in [6.45, 7) is 0. The fourth-order valence-corrected chi connectivity index (χ4v) is 6.21. The molecule has 4 saturated carbocycles. The van der Waals surface area contributed by atoms with E-state index >= 15 is 0 Å². The van der Waals surface area contributed by atoms with Crippen molar-refractivity contribution in [3.8, 4) is 6.07 Å². The Morgan fingerprint density at radius 3 is 2.07 bits per heavy atom. The first-order chi connectivity index (χ1) is 7.30. The van der Waals surface area contributed by atoms with E-state index in [2.05, 4.69) is 17.8 Å². The predicted octanol–water partition coefficient (Wildman–Crippen LogP) is 3.60. The highest BCUT2D eigenvalue weighted by atomic mass is 32.2. The van der Waals surface area contributed by atoms with E-state index in [1.165, 1.54) is 38.5 Å². The van der Waals surface area contributed by atoms with Crippen LogP contribution < -0.4 is 0 Å². The third kappa shape index (κ3) is 1.80. The van der Waals surface area contributed by atoms with Gasteiger partial charge in [0.25, 0.3) is 0 Å². The third-order valence-corrected chi connectivity index (χ3v) is 6.12. The lowest BCUT2D eigenvalue weighted by atomic mass is 9.56. The largest absolute Gasteiger partial charge is 0.198 e. The second-order valence-corrected chi connectivity index (χ2v) is 7.42. The molecule has 82 valence electrons. The first kappa shape index (κ1) is 10.0. The summed E-state index contributed by atoms with van der Waals surface area (Å²) in [6, 6.07) is 2.28. The first-order valence-electron chi connectivity index (χ1n) is 6.30. The molecular weight excluding hydrogens is 202 g/mol. The van der Waals surface area contributed by atoms with Crippen molar-refractivity contribution >= 4 is 11.8 Å². The summed E-state index contributed by atoms with van der Waals surface area (Å²) in [4.78, 5) is 0. The van der Waals surface area contributed by atoms with Gasteiger partial charge in [-0.2, -0.15) is 17.0 Å². The second-order valence-electron chi connectivity index (χ2n) is 5.86. The van der Waals surface area contributed by atoms with Crippen molar-refractivity contribution in [1.82, 2.24) is 0 Å². The van der Waals surface area contributed by atoms with Crippen LogP contribution in [0.4, 0.5) is 0 Å². The lowest BCUT2D eigenvalue weighted by Gasteiger charge is -2.56. The summed E-state index contributed by atoms with van der Waals surface area (Å²) < 4.78 is 0.617. The average molecular weight is 221 g/mol. The number of hydrogen-bond donors (Lipinski definition) is 0. The standard InChI is InChI=1S/C13H19NS/c14-2-1-3-15-13-7-10-4-11(8-13)6-12(5-10)9-13/h10-12H,1,3-9H2. The molecule has 2 heteroatoms. The molecule has 4 aliphatic carbocycles. The molecule has 0 radical (unpaired) electrons. The lowest BCUT2D eigenvalue weighted by molar-refractivity contribution is 0.0384. The molecule has 0 N–H and O–H groups in total. The van der Waals surface area contributed by atoms with Crippen LogP contribution in [0.2, 0.25) is 0 Å². The van der Waals surface area contributed by atoms with Gasteiger partial charge in [0.2, 0.25) is 0 Å². The smallest absolute Gasteiger partial charge is 0.0630 e. The van der Waals surface area contributed by atoms with Crippen LogP contribution in [0, 0.1) is 29.1 Å². The number of nitrogens with zero attached hydrogens (tertiary/aromatic N) is 1. The summed E-state index contributed by atoms with van der Waals surface area (Å²) in [7, 11) is 0. The van der Waals surface area contributed by atoms with Gasteiger partial charge >= 0.3 is 0 Å². The molecule has 0 aromatic heterocycles. The Labute approximate surface area is 96.6 Å². The molecule has 0 aromatic carbocycles. The van der Waals surface area contributed by atoms with Crippen LogP contribution >= 0.6 is 11.8 Å². The Kier molecular flexibility index (Phi) is 2.47.